The monoisotopic (exact) mass is 275 g/mol. The number of carbonyl (C=O) groups is 2. The number of aryl methyl sites for hydroxylation is 2. The quantitative estimate of drug-likeness (QED) is 0.383. The van der Waals surface area contributed by atoms with E-state index in [0.29, 0.717) is 5.69 Å². The van der Waals surface area contributed by atoms with Crippen LogP contribution in [0, 0.1) is 13.8 Å². The van der Waals surface area contributed by atoms with E-state index in [9.17, 15) is 14.7 Å². The van der Waals surface area contributed by atoms with Gasteiger partial charge in [-0.2, -0.15) is 0 Å². The van der Waals surface area contributed by atoms with Crippen LogP contribution in [-0.2, 0) is 14.3 Å². The zero-order valence-corrected chi connectivity index (χ0v) is 11.6. The molecule has 1 aromatic rings. The summed E-state index contributed by atoms with van der Waals surface area (Å²) in [6, 6.07) is 5.50. The van der Waals surface area contributed by atoms with Crippen molar-refractivity contribution in [1.29, 1.82) is 0 Å². The number of anilines is 1. The maximum atomic E-state index is 11.6. The number of benzene rings is 1. The highest BCUT2D eigenvalue weighted by Crippen LogP contribution is 2.14. The van der Waals surface area contributed by atoms with Gasteiger partial charge in [-0.15, -0.1) is 0 Å². The first-order valence-electron chi connectivity index (χ1n) is 5.97. The molecule has 1 aromatic carbocycles. The van der Waals surface area contributed by atoms with Gasteiger partial charge in [-0.1, -0.05) is 6.07 Å². The van der Waals surface area contributed by atoms with E-state index in [4.69, 9.17) is 0 Å². The van der Waals surface area contributed by atoms with Crippen LogP contribution < -0.4 is 5.32 Å². The lowest BCUT2D eigenvalue weighted by Gasteiger charge is -2.05. The van der Waals surface area contributed by atoms with Gasteiger partial charge < -0.3 is 15.2 Å². The van der Waals surface area contributed by atoms with Gasteiger partial charge in [-0.05, 0) is 43.2 Å². The second-order valence-electron chi connectivity index (χ2n) is 4.21. The number of amides is 1. The van der Waals surface area contributed by atoms with Crippen molar-refractivity contribution in [2.75, 3.05) is 12.4 Å². The highest BCUT2D eigenvalue weighted by molar-refractivity contribution is 6.00. The number of ether oxygens (including phenoxy) is 1. The molecule has 0 aromatic heterocycles. The van der Waals surface area contributed by atoms with Crippen LogP contribution in [-0.4, -0.2) is 24.1 Å². The van der Waals surface area contributed by atoms with Crippen molar-refractivity contribution in [3.05, 3.63) is 53.3 Å². The van der Waals surface area contributed by atoms with Gasteiger partial charge in [0.25, 0.3) is 5.91 Å². The Balaban J connectivity index is 2.69. The van der Waals surface area contributed by atoms with Gasteiger partial charge in [-0.3, -0.25) is 4.79 Å². The average Bonchev–Trinajstić information content (AvgIpc) is 2.40. The summed E-state index contributed by atoms with van der Waals surface area (Å²) < 4.78 is 4.36. The minimum absolute atomic E-state index is 0.336. The first kappa shape index (κ1) is 15.5. The molecule has 0 heterocycles. The second-order valence-corrected chi connectivity index (χ2v) is 4.21. The molecule has 106 valence electrons. The molecule has 0 bridgehead atoms. The van der Waals surface area contributed by atoms with E-state index in [1.54, 1.807) is 6.07 Å². The normalized spacial score (nSPS) is 11.4. The standard InChI is InChI=1S/C15H17NO4/c1-10-4-5-12(8-11(10)2)16-14(18)9-13(17)6-7-15(19)20-3/h4-9,17H,1-3H3,(H,16,18)/b7-6+,13-9?. The SMILES string of the molecule is COC(=O)/C=C/C(O)=CC(=O)Nc1ccc(C)c(C)c1. The summed E-state index contributed by atoms with van der Waals surface area (Å²) >= 11 is 0. The Kier molecular flexibility index (Phi) is 5.53. The summed E-state index contributed by atoms with van der Waals surface area (Å²) in [6.45, 7) is 3.92. The zero-order chi connectivity index (χ0) is 15.1. The molecule has 0 fully saturated rings. The molecule has 0 aliphatic carbocycles. The molecule has 1 amide bonds. The minimum atomic E-state index is -0.612. The Labute approximate surface area is 117 Å². The van der Waals surface area contributed by atoms with Gasteiger partial charge >= 0.3 is 5.97 Å². The number of rotatable bonds is 4. The van der Waals surface area contributed by atoms with E-state index in [0.717, 1.165) is 29.4 Å². The van der Waals surface area contributed by atoms with Crippen molar-refractivity contribution >= 4 is 17.6 Å². The summed E-state index contributed by atoms with van der Waals surface area (Å²) in [5.74, 6) is -1.43. The van der Waals surface area contributed by atoms with Crippen molar-refractivity contribution in [2.24, 2.45) is 0 Å². The largest absolute Gasteiger partial charge is 0.508 e. The van der Waals surface area contributed by atoms with Crippen molar-refractivity contribution in [3.63, 3.8) is 0 Å². The maximum absolute atomic E-state index is 11.6. The first-order valence-corrected chi connectivity index (χ1v) is 5.97. The molecule has 2 N–H and O–H groups in total. The number of hydrogen-bond donors (Lipinski definition) is 2. The van der Waals surface area contributed by atoms with E-state index >= 15 is 0 Å². The van der Waals surface area contributed by atoms with Crippen LogP contribution in [0.15, 0.2) is 42.2 Å². The third kappa shape index (κ3) is 4.97. The van der Waals surface area contributed by atoms with E-state index in [2.05, 4.69) is 10.1 Å². The predicted molar refractivity (Wildman–Crippen MR) is 76.4 cm³/mol. The number of esters is 1. The van der Waals surface area contributed by atoms with E-state index in [1.165, 1.54) is 7.11 Å². The molecule has 0 saturated heterocycles. The van der Waals surface area contributed by atoms with Gasteiger partial charge in [0.2, 0.25) is 0 Å². The van der Waals surface area contributed by atoms with E-state index in [-0.39, 0.29) is 5.76 Å². The Bertz CT molecular complexity index is 573. The van der Waals surface area contributed by atoms with Crippen molar-refractivity contribution in [2.45, 2.75) is 13.8 Å². The molecule has 0 atom stereocenters. The van der Waals surface area contributed by atoms with Crippen molar-refractivity contribution < 1.29 is 19.4 Å². The fourth-order valence-corrected chi connectivity index (χ4v) is 1.40. The summed E-state index contributed by atoms with van der Waals surface area (Å²) in [4.78, 5) is 22.5. The summed E-state index contributed by atoms with van der Waals surface area (Å²) in [5, 5.41) is 12.1. The van der Waals surface area contributed by atoms with Crippen LogP contribution >= 0.6 is 0 Å². The smallest absolute Gasteiger partial charge is 0.330 e. The molecule has 20 heavy (non-hydrogen) atoms. The van der Waals surface area contributed by atoms with Crippen LogP contribution in [0.4, 0.5) is 5.69 Å². The van der Waals surface area contributed by atoms with Crippen LogP contribution in [0.5, 0.6) is 0 Å². The average molecular weight is 275 g/mol. The molecule has 5 nitrogen and oxygen atoms in total. The first-order chi connectivity index (χ1) is 9.42. The maximum Gasteiger partial charge on any atom is 0.330 e. The molecule has 0 radical (unpaired) electrons. The van der Waals surface area contributed by atoms with Crippen molar-refractivity contribution in [3.8, 4) is 0 Å². The van der Waals surface area contributed by atoms with Crippen molar-refractivity contribution in [1.82, 2.24) is 0 Å². The van der Waals surface area contributed by atoms with E-state index < -0.39 is 11.9 Å². The Hall–Kier alpha value is -2.56. The molecular formula is C15H17NO4. The molecule has 5 heteroatoms. The van der Waals surface area contributed by atoms with Gasteiger partial charge in [0, 0.05) is 17.8 Å². The lowest BCUT2D eigenvalue weighted by Crippen LogP contribution is -2.09. The fraction of sp³-hybridized carbons (Fsp3) is 0.200. The summed E-state index contributed by atoms with van der Waals surface area (Å²) in [5.41, 5.74) is 2.82. The molecule has 1 rings (SSSR count). The number of nitrogens with one attached hydrogen (secondary N) is 1. The molecular weight excluding hydrogens is 258 g/mol. The van der Waals surface area contributed by atoms with E-state index in [1.807, 2.05) is 26.0 Å². The Morgan fingerprint density at radius 2 is 1.90 bits per heavy atom. The number of hydrogen-bond acceptors (Lipinski definition) is 4. The number of aliphatic hydroxyl groups is 1. The number of methoxy groups -OCH3 is 1. The minimum Gasteiger partial charge on any atom is -0.508 e. The lowest BCUT2D eigenvalue weighted by molar-refractivity contribution is -0.134. The van der Waals surface area contributed by atoms with Gasteiger partial charge in [0.15, 0.2) is 0 Å². The molecule has 0 aliphatic rings. The summed E-state index contributed by atoms with van der Waals surface area (Å²) in [6.07, 6.45) is 3.09. The number of allylic oxidation sites excluding steroid dienone is 1. The van der Waals surface area contributed by atoms with Gasteiger partial charge in [0.1, 0.15) is 5.76 Å². The highest BCUT2D eigenvalue weighted by atomic mass is 16.5. The fourth-order valence-electron chi connectivity index (χ4n) is 1.40. The number of aliphatic hydroxyl groups excluding tert-OH is 1. The molecule has 0 aliphatic heterocycles. The predicted octanol–water partition coefficient (Wildman–Crippen LogP) is 2.41. The topological polar surface area (TPSA) is 75.6 Å². The van der Waals surface area contributed by atoms with Crippen LogP contribution in [0.1, 0.15) is 11.1 Å². The third-order valence-electron chi connectivity index (χ3n) is 2.64. The van der Waals surface area contributed by atoms with Crippen LogP contribution in [0.2, 0.25) is 0 Å². The summed E-state index contributed by atoms with van der Waals surface area (Å²) in [7, 11) is 1.22. The molecule has 0 unspecified atom stereocenters. The Morgan fingerprint density at radius 3 is 2.50 bits per heavy atom. The number of carbonyl (C=O) groups excluding carboxylic acids is 2. The molecule has 0 spiro atoms. The highest BCUT2D eigenvalue weighted by Gasteiger charge is 2.02. The van der Waals surface area contributed by atoms with Crippen LogP contribution in [0.25, 0.3) is 0 Å². The van der Waals surface area contributed by atoms with Gasteiger partial charge in [0.05, 0.1) is 7.11 Å². The molecule has 0 saturated carbocycles. The lowest BCUT2D eigenvalue weighted by atomic mass is 10.1. The zero-order valence-electron chi connectivity index (χ0n) is 11.6. The second kappa shape index (κ2) is 7.13. The van der Waals surface area contributed by atoms with Gasteiger partial charge in [-0.25, -0.2) is 4.79 Å². The third-order valence-corrected chi connectivity index (χ3v) is 2.64. The van der Waals surface area contributed by atoms with Crippen LogP contribution in [0.3, 0.4) is 0 Å². The Morgan fingerprint density at radius 1 is 1.20 bits per heavy atom.